The summed E-state index contributed by atoms with van der Waals surface area (Å²) < 4.78 is 0. The Kier molecular flexibility index (Phi) is 6.49. The lowest BCUT2D eigenvalue weighted by atomic mass is 10.1. The third-order valence-electron chi connectivity index (χ3n) is 3.05. The van der Waals surface area contributed by atoms with Crippen LogP contribution < -0.4 is 10.6 Å². The number of hydrogen-bond donors (Lipinski definition) is 2. The van der Waals surface area contributed by atoms with Gasteiger partial charge in [-0.25, -0.2) is 0 Å². The zero-order valence-electron chi connectivity index (χ0n) is 11.9. The fourth-order valence-electron chi connectivity index (χ4n) is 1.99. The van der Waals surface area contributed by atoms with Crippen molar-refractivity contribution in [2.45, 2.75) is 32.6 Å². The number of nitro groups is 1. The summed E-state index contributed by atoms with van der Waals surface area (Å²) in [5, 5.41) is 16.5. The van der Waals surface area contributed by atoms with Crippen LogP contribution in [0.3, 0.4) is 0 Å². The van der Waals surface area contributed by atoms with E-state index in [1.165, 1.54) is 12.1 Å². The van der Waals surface area contributed by atoms with Gasteiger partial charge >= 0.3 is 0 Å². The van der Waals surface area contributed by atoms with Crippen molar-refractivity contribution < 1.29 is 9.72 Å². The third-order valence-corrected chi connectivity index (χ3v) is 3.05. The first-order valence-electron chi connectivity index (χ1n) is 6.85. The highest BCUT2D eigenvalue weighted by atomic mass is 16.6. The number of para-hydroxylation sites is 1. The number of amides is 1. The molecule has 6 nitrogen and oxygen atoms in total. The van der Waals surface area contributed by atoms with Gasteiger partial charge in [-0.05, 0) is 12.5 Å². The van der Waals surface area contributed by atoms with E-state index in [1.807, 2.05) is 0 Å². The molecular formula is C14H21N3O3. The lowest BCUT2D eigenvalue weighted by molar-refractivity contribution is -0.384. The molecular weight excluding hydrogens is 258 g/mol. The zero-order valence-corrected chi connectivity index (χ0v) is 11.9. The molecule has 0 radical (unpaired) electrons. The normalized spacial score (nSPS) is 10.1. The van der Waals surface area contributed by atoms with Gasteiger partial charge in [-0.2, -0.15) is 0 Å². The van der Waals surface area contributed by atoms with Crippen molar-refractivity contribution in [2.75, 3.05) is 18.9 Å². The predicted molar refractivity (Wildman–Crippen MR) is 79.1 cm³/mol. The molecule has 1 rings (SSSR count). The van der Waals surface area contributed by atoms with E-state index in [0.29, 0.717) is 12.1 Å². The number of nitro benzene ring substituents is 1. The van der Waals surface area contributed by atoms with Gasteiger partial charge in [0, 0.05) is 19.7 Å². The van der Waals surface area contributed by atoms with Crippen molar-refractivity contribution >= 4 is 17.3 Å². The van der Waals surface area contributed by atoms with Crippen molar-refractivity contribution in [1.29, 1.82) is 0 Å². The van der Waals surface area contributed by atoms with Crippen LogP contribution in [-0.4, -0.2) is 24.4 Å². The summed E-state index contributed by atoms with van der Waals surface area (Å²) in [4.78, 5) is 22.5. The van der Waals surface area contributed by atoms with Gasteiger partial charge in [-0.15, -0.1) is 0 Å². The highest BCUT2D eigenvalue weighted by Crippen LogP contribution is 2.27. The number of carbonyl (C=O) groups is 1. The molecule has 20 heavy (non-hydrogen) atoms. The average Bonchev–Trinajstić information content (AvgIpc) is 2.45. The number of carbonyl (C=O) groups excluding carboxylic acids is 1. The Labute approximate surface area is 118 Å². The molecule has 1 amide bonds. The molecule has 0 heterocycles. The van der Waals surface area contributed by atoms with Crippen LogP contribution in [0, 0.1) is 10.1 Å². The summed E-state index contributed by atoms with van der Waals surface area (Å²) in [5.41, 5.74) is 0.465. The number of nitrogens with one attached hydrogen (secondary N) is 2. The molecule has 0 saturated carbocycles. The van der Waals surface area contributed by atoms with E-state index in [1.54, 1.807) is 13.1 Å². The van der Waals surface area contributed by atoms with Gasteiger partial charge in [0.1, 0.15) is 5.69 Å². The van der Waals surface area contributed by atoms with Crippen LogP contribution in [0.5, 0.6) is 0 Å². The number of nitrogens with zero attached hydrogens (tertiary/aromatic N) is 1. The van der Waals surface area contributed by atoms with E-state index >= 15 is 0 Å². The molecule has 0 unspecified atom stereocenters. The molecule has 0 spiro atoms. The van der Waals surface area contributed by atoms with Crippen LogP contribution in [0.1, 0.15) is 43.0 Å². The van der Waals surface area contributed by atoms with Gasteiger partial charge < -0.3 is 10.6 Å². The summed E-state index contributed by atoms with van der Waals surface area (Å²) in [7, 11) is 1.57. The van der Waals surface area contributed by atoms with E-state index in [9.17, 15) is 14.9 Å². The van der Waals surface area contributed by atoms with Gasteiger partial charge in [-0.3, -0.25) is 14.9 Å². The number of rotatable bonds is 8. The van der Waals surface area contributed by atoms with E-state index in [2.05, 4.69) is 17.6 Å². The van der Waals surface area contributed by atoms with Crippen molar-refractivity contribution in [3.05, 3.63) is 33.9 Å². The first kappa shape index (κ1) is 15.9. The average molecular weight is 279 g/mol. The third kappa shape index (κ3) is 4.22. The van der Waals surface area contributed by atoms with Gasteiger partial charge in [0.2, 0.25) is 0 Å². The number of unbranched alkanes of at least 4 members (excludes halogenated alkanes) is 3. The molecule has 0 fully saturated rings. The molecule has 0 saturated heterocycles. The molecule has 1 aromatic carbocycles. The molecule has 0 aliphatic carbocycles. The molecule has 2 N–H and O–H groups in total. The summed E-state index contributed by atoms with van der Waals surface area (Å²) in [5.74, 6) is -0.283. The van der Waals surface area contributed by atoms with Gasteiger partial charge in [-0.1, -0.05) is 32.3 Å². The Morgan fingerprint density at radius 3 is 2.65 bits per heavy atom. The fraction of sp³-hybridized carbons (Fsp3) is 0.500. The number of anilines is 1. The quantitative estimate of drug-likeness (QED) is 0.435. The fourth-order valence-corrected chi connectivity index (χ4v) is 1.99. The second kappa shape index (κ2) is 8.14. The zero-order chi connectivity index (χ0) is 15.0. The highest BCUT2D eigenvalue weighted by Gasteiger charge is 2.20. The van der Waals surface area contributed by atoms with Crippen LogP contribution >= 0.6 is 0 Å². The molecule has 0 aromatic heterocycles. The second-order valence-electron chi connectivity index (χ2n) is 4.52. The summed E-state index contributed by atoms with van der Waals surface area (Å²) >= 11 is 0. The van der Waals surface area contributed by atoms with Crippen LogP contribution in [0.2, 0.25) is 0 Å². The maximum Gasteiger partial charge on any atom is 0.293 e. The minimum absolute atomic E-state index is 0.0915. The largest absolute Gasteiger partial charge is 0.382 e. The van der Waals surface area contributed by atoms with E-state index in [-0.39, 0.29) is 17.3 Å². The summed E-state index contributed by atoms with van der Waals surface area (Å²) in [6.45, 7) is 2.71. The van der Waals surface area contributed by atoms with Crippen LogP contribution in [0.4, 0.5) is 11.4 Å². The first-order chi connectivity index (χ1) is 9.61. The second-order valence-corrected chi connectivity index (χ2v) is 4.52. The van der Waals surface area contributed by atoms with Crippen LogP contribution in [-0.2, 0) is 0 Å². The monoisotopic (exact) mass is 279 g/mol. The lowest BCUT2D eigenvalue weighted by Crippen LogP contribution is -2.25. The smallest absolute Gasteiger partial charge is 0.293 e. The SMILES string of the molecule is CCCCCCNC(=O)c1cccc([N+](=O)[O-])c1NC. The topological polar surface area (TPSA) is 84.3 Å². The van der Waals surface area contributed by atoms with E-state index in [4.69, 9.17) is 0 Å². The first-order valence-corrected chi connectivity index (χ1v) is 6.85. The van der Waals surface area contributed by atoms with Crippen LogP contribution in [0.15, 0.2) is 18.2 Å². The van der Waals surface area contributed by atoms with Crippen molar-refractivity contribution in [2.24, 2.45) is 0 Å². The van der Waals surface area contributed by atoms with Crippen molar-refractivity contribution in [3.8, 4) is 0 Å². The van der Waals surface area contributed by atoms with E-state index in [0.717, 1.165) is 25.7 Å². The maximum atomic E-state index is 12.1. The van der Waals surface area contributed by atoms with Gasteiger partial charge in [0.05, 0.1) is 10.5 Å². The van der Waals surface area contributed by atoms with E-state index < -0.39 is 4.92 Å². The predicted octanol–water partition coefficient (Wildman–Crippen LogP) is 2.95. The van der Waals surface area contributed by atoms with Gasteiger partial charge in [0.25, 0.3) is 11.6 Å². The molecule has 6 heteroatoms. The Balaban J connectivity index is 2.72. The minimum atomic E-state index is -0.496. The summed E-state index contributed by atoms with van der Waals surface area (Å²) in [6.07, 6.45) is 4.28. The lowest BCUT2D eigenvalue weighted by Gasteiger charge is -2.10. The van der Waals surface area contributed by atoms with Crippen molar-refractivity contribution in [1.82, 2.24) is 5.32 Å². The Bertz CT molecular complexity index is 475. The Hall–Kier alpha value is -2.11. The molecule has 0 bridgehead atoms. The van der Waals surface area contributed by atoms with Crippen LogP contribution in [0.25, 0.3) is 0 Å². The maximum absolute atomic E-state index is 12.1. The Morgan fingerprint density at radius 2 is 2.05 bits per heavy atom. The number of hydrogen-bond acceptors (Lipinski definition) is 4. The minimum Gasteiger partial charge on any atom is -0.382 e. The summed E-state index contributed by atoms with van der Waals surface area (Å²) in [6, 6.07) is 4.48. The molecule has 110 valence electrons. The number of benzene rings is 1. The molecule has 0 atom stereocenters. The molecule has 0 aliphatic heterocycles. The Morgan fingerprint density at radius 1 is 1.30 bits per heavy atom. The van der Waals surface area contributed by atoms with Crippen molar-refractivity contribution in [3.63, 3.8) is 0 Å². The van der Waals surface area contributed by atoms with Gasteiger partial charge in [0.15, 0.2) is 0 Å². The highest BCUT2D eigenvalue weighted by molar-refractivity contribution is 6.01. The molecule has 1 aromatic rings. The standard InChI is InChI=1S/C14H21N3O3/c1-3-4-5-6-10-16-14(18)11-8-7-9-12(17(19)20)13(11)15-2/h7-9,15H,3-6,10H2,1-2H3,(H,16,18). The molecule has 0 aliphatic rings.